The Morgan fingerprint density at radius 1 is 1.29 bits per heavy atom. The van der Waals surface area contributed by atoms with Crippen LogP contribution in [0.1, 0.15) is 5.56 Å². The quantitative estimate of drug-likeness (QED) is 0.816. The molecule has 0 amide bonds. The third-order valence-electron chi connectivity index (χ3n) is 2.20. The van der Waals surface area contributed by atoms with Crippen LogP contribution in [0.2, 0.25) is 0 Å². The van der Waals surface area contributed by atoms with E-state index in [0.29, 0.717) is 0 Å². The van der Waals surface area contributed by atoms with E-state index in [-0.39, 0.29) is 4.90 Å². The van der Waals surface area contributed by atoms with Crippen molar-refractivity contribution in [3.63, 3.8) is 0 Å². The van der Waals surface area contributed by atoms with Crippen molar-refractivity contribution >= 4 is 9.84 Å². The lowest BCUT2D eigenvalue weighted by Crippen LogP contribution is -2.20. The molecule has 1 aromatic heterocycles. The van der Waals surface area contributed by atoms with E-state index in [1.54, 1.807) is 30.3 Å². The van der Waals surface area contributed by atoms with E-state index >= 15 is 0 Å². The summed E-state index contributed by atoms with van der Waals surface area (Å²) in [6.45, 7) is 1.90. The van der Waals surface area contributed by atoms with Crippen LogP contribution in [-0.4, -0.2) is 24.3 Å². The number of benzene rings is 1. The highest BCUT2D eigenvalue weighted by atomic mass is 32.2. The van der Waals surface area contributed by atoms with Gasteiger partial charge in [0.1, 0.15) is 0 Å². The van der Waals surface area contributed by atoms with Gasteiger partial charge in [-0.1, -0.05) is 17.7 Å². The number of aryl methyl sites for hydroxylation is 1. The van der Waals surface area contributed by atoms with Gasteiger partial charge in [0.25, 0.3) is 0 Å². The Labute approximate surface area is 99.5 Å². The van der Waals surface area contributed by atoms with E-state index in [0.717, 1.165) is 10.4 Å². The Kier molecular flexibility index (Phi) is 3.14. The number of nitrogens with zero attached hydrogens (tertiary/aromatic N) is 2. The SMILES string of the molecule is Cc1ccc(S(=O)(=O)COn2cccn2)cc1. The van der Waals surface area contributed by atoms with Crippen LogP contribution in [0.4, 0.5) is 0 Å². The van der Waals surface area contributed by atoms with Crippen molar-refractivity contribution in [3.8, 4) is 0 Å². The molecule has 1 heterocycles. The molecule has 2 rings (SSSR count). The van der Waals surface area contributed by atoms with Gasteiger partial charge in [-0.15, -0.1) is 9.94 Å². The fourth-order valence-corrected chi connectivity index (χ4v) is 2.20. The molecule has 0 aliphatic rings. The molecule has 0 radical (unpaired) electrons. The van der Waals surface area contributed by atoms with Crippen molar-refractivity contribution in [3.05, 3.63) is 48.3 Å². The first kappa shape index (κ1) is 11.7. The zero-order chi connectivity index (χ0) is 12.3. The lowest BCUT2D eigenvalue weighted by atomic mass is 10.2. The third-order valence-corrected chi connectivity index (χ3v) is 3.61. The average molecular weight is 252 g/mol. The van der Waals surface area contributed by atoms with Crippen LogP contribution < -0.4 is 4.84 Å². The summed E-state index contributed by atoms with van der Waals surface area (Å²) in [5.74, 6) is -0.433. The van der Waals surface area contributed by atoms with Gasteiger partial charge >= 0.3 is 0 Å². The first-order valence-corrected chi connectivity index (χ1v) is 6.65. The van der Waals surface area contributed by atoms with Gasteiger partial charge in [0.2, 0.25) is 15.8 Å². The predicted octanol–water partition coefficient (Wildman–Crippen LogP) is 1.05. The second kappa shape index (κ2) is 4.58. The summed E-state index contributed by atoms with van der Waals surface area (Å²) in [6.07, 6.45) is 3.04. The molecule has 0 bridgehead atoms. The molecular weight excluding hydrogens is 240 g/mol. The molecule has 6 heteroatoms. The largest absolute Gasteiger partial charge is 0.380 e. The highest BCUT2D eigenvalue weighted by Crippen LogP contribution is 2.11. The van der Waals surface area contributed by atoms with Crippen molar-refractivity contribution in [2.45, 2.75) is 11.8 Å². The minimum Gasteiger partial charge on any atom is -0.380 e. The van der Waals surface area contributed by atoms with Crippen LogP contribution in [0.15, 0.2) is 47.6 Å². The van der Waals surface area contributed by atoms with Gasteiger partial charge in [0.05, 0.1) is 17.3 Å². The maximum atomic E-state index is 11.9. The number of hydrogen-bond donors (Lipinski definition) is 0. The average Bonchev–Trinajstić information content (AvgIpc) is 2.80. The maximum Gasteiger partial charge on any atom is 0.221 e. The Bertz CT molecular complexity index is 574. The second-order valence-corrected chi connectivity index (χ2v) is 5.52. The minimum atomic E-state index is -3.44. The highest BCUT2D eigenvalue weighted by molar-refractivity contribution is 7.91. The van der Waals surface area contributed by atoms with E-state index in [1.807, 2.05) is 6.92 Å². The second-order valence-electron chi connectivity index (χ2n) is 3.58. The molecule has 5 nitrogen and oxygen atoms in total. The standard InChI is InChI=1S/C11H12N2O3S/c1-10-3-5-11(6-4-10)17(14,15)9-16-13-8-2-7-12-13/h2-8H,9H2,1H3. The Morgan fingerprint density at radius 3 is 2.59 bits per heavy atom. The van der Waals surface area contributed by atoms with Crippen LogP contribution >= 0.6 is 0 Å². The van der Waals surface area contributed by atoms with Crippen molar-refractivity contribution in [2.24, 2.45) is 0 Å². The van der Waals surface area contributed by atoms with Crippen LogP contribution in [-0.2, 0) is 9.84 Å². The van der Waals surface area contributed by atoms with Crippen molar-refractivity contribution in [1.29, 1.82) is 0 Å². The lowest BCUT2D eigenvalue weighted by molar-refractivity contribution is 0.116. The summed E-state index contributed by atoms with van der Waals surface area (Å²) in [5, 5.41) is 3.76. The maximum absolute atomic E-state index is 11.9. The van der Waals surface area contributed by atoms with Gasteiger partial charge in [0.15, 0.2) is 0 Å². The van der Waals surface area contributed by atoms with E-state index < -0.39 is 15.8 Å². The molecule has 0 spiro atoms. The zero-order valence-corrected chi connectivity index (χ0v) is 10.1. The zero-order valence-electron chi connectivity index (χ0n) is 9.28. The molecule has 0 aliphatic carbocycles. The number of hydrogen-bond acceptors (Lipinski definition) is 4. The number of aromatic nitrogens is 2. The molecule has 0 fully saturated rings. The van der Waals surface area contributed by atoms with Crippen molar-refractivity contribution in [2.75, 3.05) is 5.94 Å². The summed E-state index contributed by atoms with van der Waals surface area (Å²) in [7, 11) is -3.44. The summed E-state index contributed by atoms with van der Waals surface area (Å²) >= 11 is 0. The molecule has 0 saturated carbocycles. The number of sulfone groups is 1. The molecule has 0 unspecified atom stereocenters. The molecule has 0 N–H and O–H groups in total. The molecule has 0 atom stereocenters. The minimum absolute atomic E-state index is 0.246. The lowest BCUT2D eigenvalue weighted by Gasteiger charge is -2.06. The molecule has 0 aliphatic heterocycles. The van der Waals surface area contributed by atoms with Gasteiger partial charge < -0.3 is 4.84 Å². The summed E-state index contributed by atoms with van der Waals surface area (Å²) in [4.78, 5) is 6.38. The molecule has 17 heavy (non-hydrogen) atoms. The van der Waals surface area contributed by atoms with E-state index in [2.05, 4.69) is 5.10 Å². The van der Waals surface area contributed by atoms with Gasteiger partial charge in [0, 0.05) is 0 Å². The van der Waals surface area contributed by atoms with Crippen molar-refractivity contribution < 1.29 is 13.3 Å². The highest BCUT2D eigenvalue weighted by Gasteiger charge is 2.15. The van der Waals surface area contributed by atoms with E-state index in [1.165, 1.54) is 12.4 Å². The molecule has 90 valence electrons. The fraction of sp³-hybridized carbons (Fsp3) is 0.182. The van der Waals surface area contributed by atoms with E-state index in [9.17, 15) is 8.42 Å². The van der Waals surface area contributed by atoms with E-state index in [4.69, 9.17) is 4.84 Å². The van der Waals surface area contributed by atoms with Crippen molar-refractivity contribution in [1.82, 2.24) is 9.94 Å². The van der Waals surface area contributed by atoms with Crippen LogP contribution in [0.3, 0.4) is 0 Å². The Morgan fingerprint density at radius 2 is 2.00 bits per heavy atom. The van der Waals surface area contributed by atoms with Crippen LogP contribution in [0.25, 0.3) is 0 Å². The molecular formula is C11H12N2O3S. The first-order chi connectivity index (χ1) is 8.08. The predicted molar refractivity (Wildman–Crippen MR) is 62.0 cm³/mol. The summed E-state index contributed by atoms with van der Waals surface area (Å²) in [5.41, 5.74) is 1.01. The Hall–Kier alpha value is -1.82. The fourth-order valence-electron chi connectivity index (χ4n) is 1.27. The van der Waals surface area contributed by atoms with Gasteiger partial charge in [-0.05, 0) is 25.1 Å². The topological polar surface area (TPSA) is 61.2 Å². The smallest absolute Gasteiger partial charge is 0.221 e. The van der Waals surface area contributed by atoms with Gasteiger partial charge in [-0.25, -0.2) is 8.42 Å². The molecule has 0 saturated heterocycles. The Balaban J connectivity index is 2.11. The summed E-state index contributed by atoms with van der Waals surface area (Å²) < 4.78 is 23.7. The van der Waals surface area contributed by atoms with Crippen LogP contribution in [0.5, 0.6) is 0 Å². The molecule has 1 aromatic carbocycles. The van der Waals surface area contributed by atoms with Gasteiger partial charge in [-0.2, -0.15) is 0 Å². The third kappa shape index (κ3) is 2.85. The van der Waals surface area contributed by atoms with Crippen LogP contribution in [0, 0.1) is 6.92 Å². The normalized spacial score (nSPS) is 11.4. The molecule has 2 aromatic rings. The first-order valence-electron chi connectivity index (χ1n) is 5.00. The number of rotatable bonds is 4. The summed E-state index contributed by atoms with van der Waals surface area (Å²) in [6, 6.07) is 8.29. The van der Waals surface area contributed by atoms with Gasteiger partial charge in [-0.3, -0.25) is 0 Å². The monoisotopic (exact) mass is 252 g/mol.